The zero-order valence-electron chi connectivity index (χ0n) is 19.1. The van der Waals surface area contributed by atoms with E-state index in [0.717, 1.165) is 37.1 Å². The van der Waals surface area contributed by atoms with Gasteiger partial charge in [-0.05, 0) is 49.1 Å². The van der Waals surface area contributed by atoms with E-state index in [1.165, 1.54) is 5.56 Å². The molecule has 6 heteroatoms. The summed E-state index contributed by atoms with van der Waals surface area (Å²) in [5.74, 6) is -0.0999. The molecule has 3 aromatic carbocycles. The lowest BCUT2D eigenvalue weighted by Crippen LogP contribution is -2.38. The third kappa shape index (κ3) is 4.82. The summed E-state index contributed by atoms with van der Waals surface area (Å²) < 4.78 is 5.81. The molecule has 2 amide bonds. The molecule has 0 spiro atoms. The van der Waals surface area contributed by atoms with Gasteiger partial charge < -0.3 is 20.3 Å². The van der Waals surface area contributed by atoms with Crippen LogP contribution in [0.15, 0.2) is 78.9 Å². The first-order chi connectivity index (χ1) is 16.7. The minimum Gasteiger partial charge on any atom is -0.376 e. The average molecular weight is 456 g/mol. The van der Waals surface area contributed by atoms with Gasteiger partial charge in [0.1, 0.15) is 6.17 Å². The van der Waals surface area contributed by atoms with Crippen LogP contribution >= 0.6 is 0 Å². The molecular weight excluding hydrogens is 426 g/mol. The van der Waals surface area contributed by atoms with Crippen LogP contribution in [-0.2, 0) is 11.2 Å². The molecule has 2 unspecified atom stereocenters. The second-order valence-electron chi connectivity index (χ2n) is 8.80. The molecule has 5 rings (SSSR count). The van der Waals surface area contributed by atoms with E-state index in [1.54, 1.807) is 6.07 Å². The van der Waals surface area contributed by atoms with Gasteiger partial charge in [0.05, 0.1) is 6.10 Å². The number of nitrogens with zero attached hydrogens (tertiary/aromatic N) is 1. The number of amides is 2. The zero-order valence-corrected chi connectivity index (χ0v) is 19.1. The maximum Gasteiger partial charge on any atom is 0.256 e. The maximum atomic E-state index is 13.2. The molecule has 0 aromatic heterocycles. The standard InChI is InChI=1S/C28H29N3O3/c32-27(29-16-15-20-8-2-1-3-9-20)21-10-6-11-22(18-21)30-26-24-13-4-5-14-25(24)28(33)31(26)19-23-12-7-17-34-23/h1-6,8-11,13-14,18,23,26,30H,7,12,15-17,19H2,(H,29,32). The van der Waals surface area contributed by atoms with Crippen molar-refractivity contribution in [3.63, 3.8) is 0 Å². The molecule has 0 bridgehead atoms. The molecule has 0 aliphatic carbocycles. The number of nitrogens with one attached hydrogen (secondary N) is 2. The second kappa shape index (κ2) is 10.1. The van der Waals surface area contributed by atoms with Crippen molar-refractivity contribution in [3.8, 4) is 0 Å². The number of anilines is 1. The Morgan fingerprint density at radius 3 is 2.65 bits per heavy atom. The van der Waals surface area contributed by atoms with Gasteiger partial charge in [-0.3, -0.25) is 9.59 Å². The van der Waals surface area contributed by atoms with E-state index in [4.69, 9.17) is 4.74 Å². The molecule has 2 aliphatic rings. The number of hydrogen-bond donors (Lipinski definition) is 2. The zero-order chi connectivity index (χ0) is 23.3. The molecule has 174 valence electrons. The first-order valence-electron chi connectivity index (χ1n) is 11.9. The Labute approximate surface area is 199 Å². The van der Waals surface area contributed by atoms with Gasteiger partial charge in [-0.15, -0.1) is 0 Å². The molecule has 1 fully saturated rings. The monoisotopic (exact) mass is 455 g/mol. The van der Waals surface area contributed by atoms with Crippen molar-refractivity contribution in [2.75, 3.05) is 25.0 Å². The minimum atomic E-state index is -0.302. The van der Waals surface area contributed by atoms with Gasteiger partial charge in [0.25, 0.3) is 11.8 Å². The van der Waals surface area contributed by atoms with Gasteiger partial charge in [0, 0.05) is 42.1 Å². The molecule has 2 N–H and O–H groups in total. The Hall–Kier alpha value is -3.64. The van der Waals surface area contributed by atoms with Crippen molar-refractivity contribution in [2.24, 2.45) is 0 Å². The fourth-order valence-electron chi connectivity index (χ4n) is 4.70. The highest BCUT2D eigenvalue weighted by Gasteiger charge is 2.38. The predicted molar refractivity (Wildman–Crippen MR) is 132 cm³/mol. The van der Waals surface area contributed by atoms with E-state index >= 15 is 0 Å². The Bertz CT molecular complexity index is 1160. The van der Waals surface area contributed by atoms with Crippen LogP contribution in [0, 0.1) is 0 Å². The number of carbonyl (C=O) groups is 2. The summed E-state index contributed by atoms with van der Waals surface area (Å²) in [5, 5.41) is 6.50. The number of hydrogen-bond acceptors (Lipinski definition) is 4. The van der Waals surface area contributed by atoms with E-state index in [0.29, 0.717) is 24.2 Å². The van der Waals surface area contributed by atoms with E-state index in [1.807, 2.05) is 65.6 Å². The van der Waals surface area contributed by atoms with E-state index in [9.17, 15) is 9.59 Å². The highest BCUT2D eigenvalue weighted by molar-refractivity contribution is 5.99. The normalized spacial score (nSPS) is 19.2. The van der Waals surface area contributed by atoms with Crippen LogP contribution in [-0.4, -0.2) is 42.5 Å². The van der Waals surface area contributed by atoms with Gasteiger partial charge in [-0.25, -0.2) is 0 Å². The van der Waals surface area contributed by atoms with Gasteiger partial charge in [0.2, 0.25) is 0 Å². The smallest absolute Gasteiger partial charge is 0.256 e. The summed E-state index contributed by atoms with van der Waals surface area (Å²) in [5.41, 5.74) is 4.23. The van der Waals surface area contributed by atoms with Gasteiger partial charge >= 0.3 is 0 Å². The van der Waals surface area contributed by atoms with Gasteiger partial charge in [-0.2, -0.15) is 0 Å². The molecule has 6 nitrogen and oxygen atoms in total. The van der Waals surface area contributed by atoms with E-state index < -0.39 is 0 Å². The predicted octanol–water partition coefficient (Wildman–Crippen LogP) is 4.40. The molecule has 2 heterocycles. The third-order valence-corrected chi connectivity index (χ3v) is 6.45. The molecule has 0 radical (unpaired) electrons. The van der Waals surface area contributed by atoms with Crippen LogP contribution in [0.4, 0.5) is 5.69 Å². The first kappa shape index (κ1) is 22.2. The van der Waals surface area contributed by atoms with Crippen molar-refractivity contribution in [1.82, 2.24) is 10.2 Å². The summed E-state index contributed by atoms with van der Waals surface area (Å²) in [4.78, 5) is 27.8. The second-order valence-corrected chi connectivity index (χ2v) is 8.80. The van der Waals surface area contributed by atoms with Crippen LogP contribution in [0.1, 0.15) is 50.9 Å². The van der Waals surface area contributed by atoms with Crippen molar-refractivity contribution >= 4 is 17.5 Å². The number of rotatable bonds is 8. The third-order valence-electron chi connectivity index (χ3n) is 6.45. The molecular formula is C28H29N3O3. The number of carbonyl (C=O) groups excluding carboxylic acids is 2. The lowest BCUT2D eigenvalue weighted by molar-refractivity contribution is 0.0488. The van der Waals surface area contributed by atoms with Crippen LogP contribution in [0.3, 0.4) is 0 Å². The van der Waals surface area contributed by atoms with Crippen LogP contribution in [0.2, 0.25) is 0 Å². The molecule has 2 atom stereocenters. The molecule has 1 saturated heterocycles. The molecule has 2 aliphatic heterocycles. The molecule has 0 saturated carbocycles. The topological polar surface area (TPSA) is 70.7 Å². The lowest BCUT2D eigenvalue weighted by atomic mass is 10.1. The Morgan fingerprint density at radius 1 is 1.00 bits per heavy atom. The van der Waals surface area contributed by atoms with E-state index in [-0.39, 0.29) is 24.1 Å². The summed E-state index contributed by atoms with van der Waals surface area (Å²) in [6.07, 6.45) is 2.53. The fraction of sp³-hybridized carbons (Fsp3) is 0.286. The number of benzene rings is 3. The SMILES string of the molecule is O=C(NCCc1ccccc1)c1cccc(NC2c3ccccc3C(=O)N2CC2CCCO2)c1. The minimum absolute atomic E-state index is 0.0124. The number of fused-ring (bicyclic) bond motifs is 1. The Morgan fingerprint density at radius 2 is 1.82 bits per heavy atom. The highest BCUT2D eigenvalue weighted by Crippen LogP contribution is 2.35. The summed E-state index contributed by atoms with van der Waals surface area (Å²) in [7, 11) is 0. The van der Waals surface area contributed by atoms with Crippen molar-refractivity contribution in [2.45, 2.75) is 31.5 Å². The number of ether oxygens (including phenoxy) is 1. The van der Waals surface area contributed by atoms with Crippen LogP contribution < -0.4 is 10.6 Å². The van der Waals surface area contributed by atoms with Crippen molar-refractivity contribution < 1.29 is 14.3 Å². The maximum absolute atomic E-state index is 13.2. The Balaban J connectivity index is 1.29. The molecule has 3 aromatic rings. The van der Waals surface area contributed by atoms with Crippen molar-refractivity contribution in [1.29, 1.82) is 0 Å². The lowest BCUT2D eigenvalue weighted by Gasteiger charge is -2.29. The Kier molecular flexibility index (Phi) is 6.58. The van der Waals surface area contributed by atoms with Gasteiger partial charge in [0.15, 0.2) is 0 Å². The fourth-order valence-corrected chi connectivity index (χ4v) is 4.70. The van der Waals surface area contributed by atoms with E-state index in [2.05, 4.69) is 22.8 Å². The van der Waals surface area contributed by atoms with Crippen LogP contribution in [0.5, 0.6) is 0 Å². The summed E-state index contributed by atoms with van der Waals surface area (Å²) >= 11 is 0. The van der Waals surface area contributed by atoms with Crippen molar-refractivity contribution in [3.05, 3.63) is 101 Å². The largest absolute Gasteiger partial charge is 0.376 e. The summed E-state index contributed by atoms with van der Waals surface area (Å²) in [6.45, 7) is 1.87. The molecule has 34 heavy (non-hydrogen) atoms. The van der Waals surface area contributed by atoms with Gasteiger partial charge in [-0.1, -0.05) is 54.6 Å². The average Bonchev–Trinajstić information content (AvgIpc) is 3.48. The quantitative estimate of drug-likeness (QED) is 0.528. The van der Waals surface area contributed by atoms with Crippen LogP contribution in [0.25, 0.3) is 0 Å². The highest BCUT2D eigenvalue weighted by atomic mass is 16.5. The first-order valence-corrected chi connectivity index (χ1v) is 11.9. The summed E-state index contributed by atoms with van der Waals surface area (Å²) in [6, 6.07) is 25.2.